The fourth-order valence-electron chi connectivity index (χ4n) is 3.81. The minimum absolute atomic E-state index is 0.172. The first kappa shape index (κ1) is 16.8. The van der Waals surface area contributed by atoms with Crippen molar-refractivity contribution in [1.82, 2.24) is 9.97 Å². The fraction of sp³-hybridized carbons (Fsp3) is 0.450. The lowest BCUT2D eigenvalue weighted by Gasteiger charge is -2.36. The van der Waals surface area contributed by atoms with Crippen molar-refractivity contribution in [3.63, 3.8) is 0 Å². The normalized spacial score (nSPS) is 20.1. The topological polar surface area (TPSA) is 58.6 Å². The highest BCUT2D eigenvalue weighted by molar-refractivity contribution is 5.98. The van der Waals surface area contributed by atoms with Crippen molar-refractivity contribution in [2.75, 3.05) is 43.1 Å². The van der Waals surface area contributed by atoms with Crippen LogP contribution in [0.1, 0.15) is 29.4 Å². The van der Waals surface area contributed by atoms with Gasteiger partial charge in [0.05, 0.1) is 24.1 Å². The molecule has 0 bridgehead atoms. The van der Waals surface area contributed by atoms with Crippen molar-refractivity contribution in [1.29, 1.82) is 0 Å². The number of fused-ring (bicyclic) bond motifs is 1. The van der Waals surface area contributed by atoms with Gasteiger partial charge in [-0.3, -0.25) is 4.79 Å². The van der Waals surface area contributed by atoms with E-state index in [0.29, 0.717) is 17.9 Å². The third-order valence-electron chi connectivity index (χ3n) is 5.22. The summed E-state index contributed by atoms with van der Waals surface area (Å²) < 4.78 is 5.48. The molecule has 1 fully saturated rings. The zero-order chi connectivity index (χ0) is 18.1. The molecule has 2 aromatic rings. The summed E-state index contributed by atoms with van der Waals surface area (Å²) in [6, 6.07) is 8.11. The monoisotopic (exact) mass is 352 g/mol. The van der Waals surface area contributed by atoms with Crippen LogP contribution >= 0.6 is 0 Å². The first-order valence-corrected chi connectivity index (χ1v) is 9.17. The molecular weight excluding hydrogens is 328 g/mol. The molecule has 1 aliphatic heterocycles. The summed E-state index contributed by atoms with van der Waals surface area (Å²) in [7, 11) is 1.71. The van der Waals surface area contributed by atoms with Crippen LogP contribution in [0.3, 0.4) is 0 Å². The molecule has 26 heavy (non-hydrogen) atoms. The van der Waals surface area contributed by atoms with Crippen LogP contribution in [0.5, 0.6) is 5.75 Å². The molecule has 1 aliphatic carbocycles. The van der Waals surface area contributed by atoms with Crippen LogP contribution < -0.4 is 14.5 Å². The summed E-state index contributed by atoms with van der Waals surface area (Å²) in [6.07, 6.45) is 3.18. The highest BCUT2D eigenvalue weighted by atomic mass is 16.5. The van der Waals surface area contributed by atoms with E-state index in [0.717, 1.165) is 55.7 Å². The summed E-state index contributed by atoms with van der Waals surface area (Å²) in [5.74, 6) is 2.18. The summed E-state index contributed by atoms with van der Waals surface area (Å²) in [6.45, 7) is 5.57. The molecule has 0 unspecified atom stereocenters. The van der Waals surface area contributed by atoms with Crippen molar-refractivity contribution in [3.8, 4) is 5.75 Å². The van der Waals surface area contributed by atoms with Gasteiger partial charge in [-0.25, -0.2) is 9.97 Å². The average Bonchev–Trinajstić information content (AvgIpc) is 2.67. The Hall–Kier alpha value is -2.63. The molecule has 1 saturated heterocycles. The molecule has 2 heterocycles. The SMILES string of the molecule is COc1ccccc1N1CCN(c2ncc3c(n2)C[C@@H](C)CC3=O)CC1. The van der Waals surface area contributed by atoms with Gasteiger partial charge in [0.2, 0.25) is 5.95 Å². The number of piperazine rings is 1. The summed E-state index contributed by atoms with van der Waals surface area (Å²) >= 11 is 0. The third kappa shape index (κ3) is 3.11. The number of aromatic nitrogens is 2. The Bertz CT molecular complexity index is 815. The van der Waals surface area contributed by atoms with E-state index >= 15 is 0 Å². The maximum Gasteiger partial charge on any atom is 0.225 e. The fourth-order valence-corrected chi connectivity index (χ4v) is 3.81. The molecule has 4 rings (SSSR count). The Kier molecular flexibility index (Phi) is 4.49. The number of methoxy groups -OCH3 is 1. The van der Waals surface area contributed by atoms with Gasteiger partial charge >= 0.3 is 0 Å². The second-order valence-corrected chi connectivity index (χ2v) is 7.11. The van der Waals surface area contributed by atoms with Crippen molar-refractivity contribution in [3.05, 3.63) is 41.7 Å². The first-order valence-electron chi connectivity index (χ1n) is 9.17. The minimum Gasteiger partial charge on any atom is -0.495 e. The molecule has 1 aromatic carbocycles. The second kappa shape index (κ2) is 6.94. The maximum atomic E-state index is 12.1. The lowest BCUT2D eigenvalue weighted by molar-refractivity contribution is 0.0951. The number of carbonyl (C=O) groups excluding carboxylic acids is 1. The van der Waals surface area contributed by atoms with Crippen LogP contribution in [-0.2, 0) is 6.42 Å². The molecular formula is C20H24N4O2. The minimum atomic E-state index is 0.172. The number of rotatable bonds is 3. The zero-order valence-corrected chi connectivity index (χ0v) is 15.3. The molecule has 0 N–H and O–H groups in total. The molecule has 1 aromatic heterocycles. The highest BCUT2D eigenvalue weighted by Crippen LogP contribution is 2.29. The van der Waals surface area contributed by atoms with Gasteiger partial charge in [-0.1, -0.05) is 19.1 Å². The van der Waals surface area contributed by atoms with Gasteiger partial charge in [-0.15, -0.1) is 0 Å². The van der Waals surface area contributed by atoms with Crippen LogP contribution in [0.4, 0.5) is 11.6 Å². The van der Waals surface area contributed by atoms with Crippen LogP contribution in [0.2, 0.25) is 0 Å². The molecule has 2 aliphatic rings. The number of hydrogen-bond acceptors (Lipinski definition) is 6. The van der Waals surface area contributed by atoms with Crippen LogP contribution in [0.15, 0.2) is 30.5 Å². The second-order valence-electron chi connectivity index (χ2n) is 7.11. The van der Waals surface area contributed by atoms with E-state index in [-0.39, 0.29) is 5.78 Å². The number of anilines is 2. The smallest absolute Gasteiger partial charge is 0.225 e. The van der Waals surface area contributed by atoms with Crippen molar-refractivity contribution in [2.45, 2.75) is 19.8 Å². The Balaban J connectivity index is 1.48. The standard InChI is InChI=1S/C20H24N4O2/c1-14-11-16-15(18(25)12-14)13-21-20(22-16)24-9-7-23(8-10-24)17-5-3-4-6-19(17)26-2/h3-6,13-14H,7-12H2,1-2H3/t14-/m1/s1. The molecule has 0 amide bonds. The highest BCUT2D eigenvalue weighted by Gasteiger charge is 2.26. The number of nitrogens with zero attached hydrogens (tertiary/aromatic N) is 4. The third-order valence-corrected chi connectivity index (χ3v) is 5.22. The van der Waals surface area contributed by atoms with Gasteiger partial charge in [0.1, 0.15) is 5.75 Å². The number of ether oxygens (including phenoxy) is 1. The largest absolute Gasteiger partial charge is 0.495 e. The Morgan fingerprint density at radius 1 is 1.08 bits per heavy atom. The first-order chi connectivity index (χ1) is 12.7. The lowest BCUT2D eigenvalue weighted by atomic mass is 9.88. The molecule has 0 spiro atoms. The van der Waals surface area contributed by atoms with E-state index in [1.54, 1.807) is 13.3 Å². The Labute approximate surface area is 153 Å². The van der Waals surface area contributed by atoms with E-state index in [4.69, 9.17) is 9.72 Å². The number of carbonyl (C=O) groups is 1. The molecule has 0 saturated carbocycles. The number of ketones is 1. The van der Waals surface area contributed by atoms with Gasteiger partial charge in [-0.05, 0) is 24.5 Å². The zero-order valence-electron chi connectivity index (χ0n) is 15.3. The van der Waals surface area contributed by atoms with E-state index in [2.05, 4.69) is 27.8 Å². The van der Waals surface area contributed by atoms with Gasteiger partial charge in [0, 0.05) is 38.8 Å². The van der Waals surface area contributed by atoms with Crippen molar-refractivity contribution < 1.29 is 9.53 Å². The quantitative estimate of drug-likeness (QED) is 0.846. The molecule has 6 nitrogen and oxygen atoms in total. The van der Waals surface area contributed by atoms with Crippen LogP contribution in [0, 0.1) is 5.92 Å². The van der Waals surface area contributed by atoms with E-state index in [1.807, 2.05) is 18.2 Å². The van der Waals surface area contributed by atoms with Crippen molar-refractivity contribution in [2.24, 2.45) is 5.92 Å². The molecule has 1 atom stereocenters. The summed E-state index contributed by atoms with van der Waals surface area (Å²) in [4.78, 5) is 25.9. The average molecular weight is 352 g/mol. The van der Waals surface area contributed by atoms with Gasteiger partial charge in [0.25, 0.3) is 0 Å². The number of benzene rings is 1. The number of para-hydroxylation sites is 2. The Morgan fingerprint density at radius 3 is 2.58 bits per heavy atom. The van der Waals surface area contributed by atoms with E-state index in [9.17, 15) is 4.79 Å². The molecule has 6 heteroatoms. The number of Topliss-reactive ketones (excluding diaryl/α,β-unsaturated/α-hetero) is 1. The Morgan fingerprint density at radius 2 is 1.81 bits per heavy atom. The predicted molar refractivity (Wildman–Crippen MR) is 101 cm³/mol. The van der Waals surface area contributed by atoms with E-state index < -0.39 is 0 Å². The lowest BCUT2D eigenvalue weighted by Crippen LogP contribution is -2.47. The van der Waals surface area contributed by atoms with E-state index in [1.165, 1.54) is 0 Å². The van der Waals surface area contributed by atoms with Crippen LogP contribution in [-0.4, -0.2) is 49.0 Å². The van der Waals surface area contributed by atoms with Crippen LogP contribution in [0.25, 0.3) is 0 Å². The number of hydrogen-bond donors (Lipinski definition) is 0. The van der Waals surface area contributed by atoms with Gasteiger partial charge < -0.3 is 14.5 Å². The molecule has 0 radical (unpaired) electrons. The summed E-state index contributed by atoms with van der Waals surface area (Å²) in [5, 5.41) is 0. The molecule has 136 valence electrons. The van der Waals surface area contributed by atoms with Gasteiger partial charge in [0.15, 0.2) is 5.78 Å². The van der Waals surface area contributed by atoms with Gasteiger partial charge in [-0.2, -0.15) is 0 Å². The predicted octanol–water partition coefficient (Wildman–Crippen LogP) is 2.58. The van der Waals surface area contributed by atoms with Crippen molar-refractivity contribution >= 4 is 17.4 Å². The maximum absolute atomic E-state index is 12.1. The summed E-state index contributed by atoms with van der Waals surface area (Å²) in [5.41, 5.74) is 2.74.